The molecule has 0 aliphatic carbocycles. The Morgan fingerprint density at radius 3 is 2.78 bits per heavy atom. The zero-order valence-corrected chi connectivity index (χ0v) is 5.81. The molecule has 0 saturated heterocycles. The van der Waals surface area contributed by atoms with Crippen LogP contribution in [0.25, 0.3) is 0 Å². The van der Waals surface area contributed by atoms with Crippen LogP contribution in [0.2, 0.25) is 0 Å². The topological polar surface area (TPSA) is 12.0 Å². The molecule has 9 heavy (non-hydrogen) atoms. The third kappa shape index (κ3) is 4.70. The van der Waals surface area contributed by atoms with Crippen molar-refractivity contribution in [3.63, 3.8) is 0 Å². The van der Waals surface area contributed by atoms with Crippen molar-refractivity contribution in [2.24, 2.45) is 0 Å². The van der Waals surface area contributed by atoms with E-state index in [1.165, 1.54) is 0 Å². The van der Waals surface area contributed by atoms with Gasteiger partial charge in [0, 0.05) is 12.2 Å². The molecular weight excluding hydrogens is 110 g/mol. The summed E-state index contributed by atoms with van der Waals surface area (Å²) in [4.78, 5) is 0. The van der Waals surface area contributed by atoms with Crippen molar-refractivity contribution in [2.45, 2.75) is 13.8 Å². The molecule has 48 valence electrons. The summed E-state index contributed by atoms with van der Waals surface area (Å²) in [6, 6.07) is 2.30. The van der Waals surface area contributed by atoms with E-state index in [0.29, 0.717) is 0 Å². The van der Waals surface area contributed by atoms with E-state index in [0.717, 1.165) is 5.57 Å². The van der Waals surface area contributed by atoms with Gasteiger partial charge in [0.05, 0.1) is 0 Å². The highest BCUT2D eigenvalue weighted by atomic mass is 14.8. The maximum Gasteiger partial charge on any atom is 0.0122 e. The second-order valence-corrected chi connectivity index (χ2v) is 1.68. The molecule has 0 saturated carbocycles. The van der Waals surface area contributed by atoms with Gasteiger partial charge in [-0.15, -0.1) is 0 Å². The average Bonchev–Trinajstić information content (AvgIpc) is 1.85. The van der Waals surface area contributed by atoms with Crippen molar-refractivity contribution >= 4 is 0 Å². The summed E-state index contributed by atoms with van der Waals surface area (Å²) in [5, 5.41) is 2.65. The molecule has 0 bridgehead atoms. The highest BCUT2D eigenvalue weighted by Crippen LogP contribution is 1.90. The van der Waals surface area contributed by atoms with Crippen molar-refractivity contribution < 1.29 is 0 Å². The van der Waals surface area contributed by atoms with Crippen molar-refractivity contribution in [1.82, 2.24) is 5.32 Å². The average molecular weight is 121 g/mol. The van der Waals surface area contributed by atoms with E-state index in [4.69, 9.17) is 6.42 Å². The highest BCUT2D eigenvalue weighted by Gasteiger charge is 1.74. The minimum absolute atomic E-state index is 1.12. The van der Waals surface area contributed by atoms with Crippen LogP contribution in [-0.2, 0) is 0 Å². The SMILES string of the molecule is C#CN/C=C(C)\C=C/C. The Hall–Kier alpha value is -1.16. The normalized spacial score (nSPS) is 11.4. The second kappa shape index (κ2) is 4.99. The molecule has 0 unspecified atom stereocenters. The van der Waals surface area contributed by atoms with Gasteiger partial charge in [0.1, 0.15) is 0 Å². The van der Waals surface area contributed by atoms with Crippen molar-refractivity contribution in [3.05, 3.63) is 23.9 Å². The van der Waals surface area contributed by atoms with Crippen LogP contribution in [0.5, 0.6) is 0 Å². The number of terminal acetylenes is 1. The lowest BCUT2D eigenvalue weighted by atomic mass is 10.3. The van der Waals surface area contributed by atoms with E-state index < -0.39 is 0 Å². The third-order valence-corrected chi connectivity index (χ3v) is 0.813. The summed E-state index contributed by atoms with van der Waals surface area (Å²) < 4.78 is 0. The lowest BCUT2D eigenvalue weighted by Gasteiger charge is -1.87. The Morgan fingerprint density at radius 1 is 1.67 bits per heavy atom. The third-order valence-electron chi connectivity index (χ3n) is 0.813. The zero-order chi connectivity index (χ0) is 7.11. The van der Waals surface area contributed by atoms with Gasteiger partial charge in [-0.2, -0.15) is 0 Å². The quantitative estimate of drug-likeness (QED) is 0.333. The van der Waals surface area contributed by atoms with Crippen LogP contribution in [0.15, 0.2) is 23.9 Å². The summed E-state index contributed by atoms with van der Waals surface area (Å²) in [7, 11) is 0. The monoisotopic (exact) mass is 121 g/mol. The van der Waals surface area contributed by atoms with Crippen molar-refractivity contribution in [2.75, 3.05) is 0 Å². The molecule has 0 radical (unpaired) electrons. The van der Waals surface area contributed by atoms with Crippen LogP contribution in [0.1, 0.15) is 13.8 Å². The Labute approximate surface area is 56.5 Å². The molecule has 0 amide bonds. The van der Waals surface area contributed by atoms with Gasteiger partial charge < -0.3 is 5.32 Å². The van der Waals surface area contributed by atoms with Gasteiger partial charge in [-0.1, -0.05) is 18.6 Å². The summed E-state index contributed by atoms with van der Waals surface area (Å²) in [6.07, 6.45) is 10.7. The fourth-order valence-corrected chi connectivity index (χ4v) is 0.467. The second-order valence-electron chi connectivity index (χ2n) is 1.68. The van der Waals surface area contributed by atoms with Gasteiger partial charge in [-0.3, -0.25) is 0 Å². The van der Waals surface area contributed by atoms with Crippen LogP contribution in [0.4, 0.5) is 0 Å². The molecule has 0 atom stereocenters. The Balaban J connectivity index is 3.73. The molecule has 0 aliphatic rings. The van der Waals surface area contributed by atoms with Gasteiger partial charge in [-0.25, -0.2) is 0 Å². The first-order valence-corrected chi connectivity index (χ1v) is 2.82. The number of rotatable bonds is 2. The first kappa shape index (κ1) is 7.84. The van der Waals surface area contributed by atoms with Crippen LogP contribution < -0.4 is 5.32 Å². The number of hydrogen-bond donors (Lipinski definition) is 1. The van der Waals surface area contributed by atoms with Crippen LogP contribution >= 0.6 is 0 Å². The van der Waals surface area contributed by atoms with Gasteiger partial charge in [0.25, 0.3) is 0 Å². The van der Waals surface area contributed by atoms with E-state index in [-0.39, 0.29) is 0 Å². The standard InChI is InChI=1S/C8H11N/c1-4-6-8(3)7-9-5-2/h2,4,6-7,9H,1,3H3/b6-4-,8-7-. The smallest absolute Gasteiger partial charge is 0.0122 e. The number of hydrogen-bond acceptors (Lipinski definition) is 1. The maximum atomic E-state index is 4.94. The van der Waals surface area contributed by atoms with Gasteiger partial charge in [0.2, 0.25) is 0 Å². The molecule has 0 aromatic carbocycles. The van der Waals surface area contributed by atoms with Gasteiger partial charge >= 0.3 is 0 Å². The summed E-state index contributed by atoms with van der Waals surface area (Å²) >= 11 is 0. The van der Waals surface area contributed by atoms with E-state index in [9.17, 15) is 0 Å². The highest BCUT2D eigenvalue weighted by molar-refractivity contribution is 5.15. The molecule has 0 aliphatic heterocycles. The number of allylic oxidation sites excluding steroid dienone is 3. The van der Waals surface area contributed by atoms with Crippen LogP contribution in [0, 0.1) is 12.5 Å². The fraction of sp³-hybridized carbons (Fsp3) is 0.250. The predicted octanol–water partition coefficient (Wildman–Crippen LogP) is 1.65. The van der Waals surface area contributed by atoms with Crippen molar-refractivity contribution in [1.29, 1.82) is 0 Å². The van der Waals surface area contributed by atoms with E-state index in [1.807, 2.05) is 26.0 Å². The summed E-state index contributed by atoms with van der Waals surface area (Å²) in [5.74, 6) is 0. The van der Waals surface area contributed by atoms with E-state index in [2.05, 4.69) is 11.4 Å². The van der Waals surface area contributed by atoms with Gasteiger partial charge in [-0.05, 0) is 19.4 Å². The Bertz CT molecular complexity index is 158. The van der Waals surface area contributed by atoms with E-state index in [1.54, 1.807) is 6.20 Å². The molecule has 1 nitrogen and oxygen atoms in total. The minimum Gasteiger partial charge on any atom is -0.322 e. The molecule has 0 rings (SSSR count). The largest absolute Gasteiger partial charge is 0.322 e. The fourth-order valence-electron chi connectivity index (χ4n) is 0.467. The summed E-state index contributed by atoms with van der Waals surface area (Å²) in [6.45, 7) is 3.94. The van der Waals surface area contributed by atoms with Crippen LogP contribution in [0.3, 0.4) is 0 Å². The van der Waals surface area contributed by atoms with E-state index >= 15 is 0 Å². The minimum atomic E-state index is 1.12. The molecule has 0 spiro atoms. The lowest BCUT2D eigenvalue weighted by molar-refractivity contribution is 1.22. The molecule has 1 N–H and O–H groups in total. The molecule has 0 heterocycles. The molecule has 0 aromatic heterocycles. The molecule has 1 heteroatoms. The molecule has 0 fully saturated rings. The predicted molar refractivity (Wildman–Crippen MR) is 40.5 cm³/mol. The molecule has 0 aromatic rings. The van der Waals surface area contributed by atoms with Gasteiger partial charge in [0.15, 0.2) is 0 Å². The number of nitrogens with one attached hydrogen (secondary N) is 1. The first-order chi connectivity index (χ1) is 4.31. The lowest BCUT2D eigenvalue weighted by Crippen LogP contribution is -1.92. The summed E-state index contributed by atoms with van der Waals surface area (Å²) in [5.41, 5.74) is 1.12. The van der Waals surface area contributed by atoms with Crippen LogP contribution in [-0.4, -0.2) is 0 Å². The zero-order valence-electron chi connectivity index (χ0n) is 5.81. The van der Waals surface area contributed by atoms with Crippen molar-refractivity contribution in [3.8, 4) is 12.5 Å². The maximum absolute atomic E-state index is 4.94. The Kier molecular flexibility index (Phi) is 4.34. The first-order valence-electron chi connectivity index (χ1n) is 2.82. The Morgan fingerprint density at radius 2 is 2.33 bits per heavy atom. The molecular formula is C8H11N.